The molecule has 2 nitrogen and oxygen atoms in total. The summed E-state index contributed by atoms with van der Waals surface area (Å²) >= 11 is 3.57. The Balaban J connectivity index is 2.74. The van der Waals surface area contributed by atoms with Crippen LogP contribution in [0.15, 0.2) is 28.7 Å². The van der Waals surface area contributed by atoms with Crippen LogP contribution in [0, 0.1) is 11.8 Å². The predicted molar refractivity (Wildman–Crippen MR) is 73.0 cm³/mol. The number of hydrogen-bond donors (Lipinski definition) is 2. The fraction of sp³-hybridized carbons (Fsp3) is 0.538. The van der Waals surface area contributed by atoms with Crippen molar-refractivity contribution in [2.24, 2.45) is 17.7 Å². The van der Waals surface area contributed by atoms with Gasteiger partial charge in [-0.25, -0.2) is 0 Å². The van der Waals surface area contributed by atoms with Gasteiger partial charge in [-0.2, -0.15) is 0 Å². The van der Waals surface area contributed by atoms with Crippen LogP contribution in [-0.4, -0.2) is 6.04 Å². The zero-order valence-electron chi connectivity index (χ0n) is 10.2. The molecule has 0 heterocycles. The lowest BCUT2D eigenvalue weighted by Crippen LogP contribution is -2.43. The number of nitrogens with two attached hydrogens (primary N) is 1. The third-order valence-corrected chi connectivity index (χ3v) is 4.07. The van der Waals surface area contributed by atoms with Crippen molar-refractivity contribution >= 4 is 15.9 Å². The number of benzene rings is 1. The highest BCUT2D eigenvalue weighted by Crippen LogP contribution is 2.22. The molecule has 0 aliphatic rings. The molecule has 0 aliphatic carbocycles. The normalized spacial score (nSPS) is 15.1. The van der Waals surface area contributed by atoms with Gasteiger partial charge in [0.2, 0.25) is 0 Å². The van der Waals surface area contributed by atoms with Gasteiger partial charge < -0.3 is 0 Å². The van der Waals surface area contributed by atoms with E-state index in [9.17, 15) is 0 Å². The second-order valence-electron chi connectivity index (χ2n) is 4.67. The van der Waals surface area contributed by atoms with Crippen molar-refractivity contribution in [3.8, 4) is 0 Å². The van der Waals surface area contributed by atoms with Gasteiger partial charge in [0.05, 0.1) is 0 Å². The molecule has 3 heteroatoms. The van der Waals surface area contributed by atoms with Crippen LogP contribution in [0.2, 0.25) is 0 Å². The minimum atomic E-state index is 0.318. The molecule has 1 aromatic carbocycles. The van der Waals surface area contributed by atoms with Gasteiger partial charge in [0.15, 0.2) is 0 Å². The van der Waals surface area contributed by atoms with Crippen molar-refractivity contribution in [3.05, 3.63) is 34.3 Å². The Hall–Kier alpha value is -0.380. The minimum absolute atomic E-state index is 0.318. The van der Waals surface area contributed by atoms with Gasteiger partial charge in [0.1, 0.15) is 0 Å². The molecule has 0 fully saturated rings. The Morgan fingerprint density at radius 3 is 2.38 bits per heavy atom. The molecule has 16 heavy (non-hydrogen) atoms. The quantitative estimate of drug-likeness (QED) is 0.644. The van der Waals surface area contributed by atoms with E-state index in [-0.39, 0.29) is 0 Å². The van der Waals surface area contributed by atoms with Crippen LogP contribution in [0.3, 0.4) is 0 Å². The van der Waals surface area contributed by atoms with E-state index >= 15 is 0 Å². The summed E-state index contributed by atoms with van der Waals surface area (Å²) < 4.78 is 1.16. The largest absolute Gasteiger partial charge is 0.271 e. The second-order valence-corrected chi connectivity index (χ2v) is 5.53. The highest BCUT2D eigenvalue weighted by atomic mass is 79.9. The summed E-state index contributed by atoms with van der Waals surface area (Å²) in [4.78, 5) is 0. The standard InChI is InChI=1S/C13H21BrN2/c1-9(2)10(3)13(16-15)8-11-6-4-5-7-12(11)14/h4-7,9-10,13,16H,8,15H2,1-3H3. The third kappa shape index (κ3) is 3.58. The number of hydrogen-bond acceptors (Lipinski definition) is 2. The fourth-order valence-corrected chi connectivity index (χ4v) is 2.21. The van der Waals surface area contributed by atoms with Gasteiger partial charge in [0, 0.05) is 10.5 Å². The highest BCUT2D eigenvalue weighted by molar-refractivity contribution is 9.10. The molecule has 0 aromatic heterocycles. The minimum Gasteiger partial charge on any atom is -0.271 e. The summed E-state index contributed by atoms with van der Waals surface area (Å²) in [5.41, 5.74) is 4.24. The number of rotatable bonds is 5. The molecular formula is C13H21BrN2. The number of halogens is 1. The maximum absolute atomic E-state index is 5.64. The van der Waals surface area contributed by atoms with Crippen LogP contribution in [0.5, 0.6) is 0 Å². The first-order valence-electron chi connectivity index (χ1n) is 5.75. The van der Waals surface area contributed by atoms with Gasteiger partial charge in [-0.05, 0) is 29.9 Å². The van der Waals surface area contributed by atoms with Gasteiger partial charge in [-0.15, -0.1) is 0 Å². The summed E-state index contributed by atoms with van der Waals surface area (Å²) in [6.07, 6.45) is 0.956. The Labute approximate surface area is 107 Å². The molecular weight excluding hydrogens is 264 g/mol. The van der Waals surface area contributed by atoms with Gasteiger partial charge >= 0.3 is 0 Å². The van der Waals surface area contributed by atoms with E-state index in [1.165, 1.54) is 5.56 Å². The topological polar surface area (TPSA) is 38.0 Å². The van der Waals surface area contributed by atoms with Gasteiger partial charge in [0.25, 0.3) is 0 Å². The molecule has 0 spiro atoms. The first kappa shape index (κ1) is 13.7. The van der Waals surface area contributed by atoms with E-state index in [0.29, 0.717) is 17.9 Å². The molecule has 2 unspecified atom stereocenters. The van der Waals surface area contributed by atoms with Crippen LogP contribution < -0.4 is 11.3 Å². The fourth-order valence-electron chi connectivity index (χ4n) is 1.76. The van der Waals surface area contributed by atoms with E-state index < -0.39 is 0 Å². The van der Waals surface area contributed by atoms with E-state index in [4.69, 9.17) is 5.84 Å². The lowest BCUT2D eigenvalue weighted by Gasteiger charge is -2.26. The molecule has 0 amide bonds. The van der Waals surface area contributed by atoms with Gasteiger partial charge in [-0.1, -0.05) is 54.9 Å². The SMILES string of the molecule is CC(C)C(C)C(Cc1ccccc1Br)NN. The predicted octanol–water partition coefficient (Wildman–Crippen LogP) is 3.12. The molecule has 0 bridgehead atoms. The van der Waals surface area contributed by atoms with E-state index in [2.05, 4.69) is 60.3 Å². The molecule has 1 aromatic rings. The Bertz CT molecular complexity index is 325. The van der Waals surface area contributed by atoms with Crippen LogP contribution in [-0.2, 0) is 6.42 Å². The summed E-state index contributed by atoms with van der Waals surface area (Å²) in [6, 6.07) is 8.63. The second kappa shape index (κ2) is 6.38. The van der Waals surface area contributed by atoms with E-state index in [0.717, 1.165) is 10.9 Å². The van der Waals surface area contributed by atoms with Crippen molar-refractivity contribution in [2.45, 2.75) is 33.2 Å². The third-order valence-electron chi connectivity index (χ3n) is 3.30. The molecule has 0 saturated heterocycles. The van der Waals surface area contributed by atoms with E-state index in [1.54, 1.807) is 0 Å². The molecule has 1 rings (SSSR count). The van der Waals surface area contributed by atoms with Crippen molar-refractivity contribution in [1.82, 2.24) is 5.43 Å². The molecule has 0 radical (unpaired) electrons. The number of hydrazine groups is 1. The van der Waals surface area contributed by atoms with Crippen molar-refractivity contribution < 1.29 is 0 Å². The molecule has 0 saturated carbocycles. The summed E-state index contributed by atoms with van der Waals surface area (Å²) in [5, 5.41) is 0. The average Bonchev–Trinajstić information content (AvgIpc) is 2.27. The first-order chi connectivity index (χ1) is 7.56. The van der Waals surface area contributed by atoms with Crippen molar-refractivity contribution in [3.63, 3.8) is 0 Å². The number of nitrogens with one attached hydrogen (secondary N) is 1. The Morgan fingerprint density at radius 1 is 1.25 bits per heavy atom. The van der Waals surface area contributed by atoms with Crippen molar-refractivity contribution in [2.75, 3.05) is 0 Å². The van der Waals surface area contributed by atoms with Crippen LogP contribution in [0.4, 0.5) is 0 Å². The zero-order chi connectivity index (χ0) is 12.1. The summed E-state index contributed by atoms with van der Waals surface area (Å²) in [5.74, 6) is 6.83. The molecule has 3 N–H and O–H groups in total. The maximum Gasteiger partial charge on any atom is 0.0279 e. The lowest BCUT2D eigenvalue weighted by atomic mass is 9.87. The Kier molecular flexibility index (Phi) is 5.46. The average molecular weight is 285 g/mol. The summed E-state index contributed by atoms with van der Waals surface area (Å²) in [7, 11) is 0. The van der Waals surface area contributed by atoms with Crippen LogP contribution in [0.1, 0.15) is 26.3 Å². The van der Waals surface area contributed by atoms with Crippen LogP contribution in [0.25, 0.3) is 0 Å². The van der Waals surface area contributed by atoms with Crippen LogP contribution >= 0.6 is 15.9 Å². The zero-order valence-corrected chi connectivity index (χ0v) is 11.8. The smallest absolute Gasteiger partial charge is 0.0279 e. The van der Waals surface area contributed by atoms with Gasteiger partial charge in [-0.3, -0.25) is 11.3 Å². The van der Waals surface area contributed by atoms with E-state index in [1.807, 2.05) is 6.07 Å². The highest BCUT2D eigenvalue weighted by Gasteiger charge is 2.19. The molecule has 90 valence electrons. The first-order valence-corrected chi connectivity index (χ1v) is 6.55. The monoisotopic (exact) mass is 284 g/mol. The Morgan fingerprint density at radius 2 is 1.88 bits per heavy atom. The van der Waals surface area contributed by atoms with Crippen molar-refractivity contribution in [1.29, 1.82) is 0 Å². The summed E-state index contributed by atoms with van der Waals surface area (Å²) in [6.45, 7) is 6.70. The maximum atomic E-state index is 5.64. The lowest BCUT2D eigenvalue weighted by molar-refractivity contribution is 0.299. The molecule has 0 aliphatic heterocycles. The molecule has 2 atom stereocenters.